The maximum absolute atomic E-state index is 13.4. The highest BCUT2D eigenvalue weighted by Crippen LogP contribution is 2.46. The molecule has 1 N–H and O–H groups in total. The highest BCUT2D eigenvalue weighted by Gasteiger charge is 2.48. The molecule has 0 spiro atoms. The van der Waals surface area contributed by atoms with E-state index in [1.54, 1.807) is 13.2 Å². The predicted octanol–water partition coefficient (Wildman–Crippen LogP) is 6.01. The molecular formula is C27H24N2O5S2. The van der Waals surface area contributed by atoms with E-state index in [1.165, 1.54) is 27.6 Å². The maximum Gasteiger partial charge on any atom is 0.301 e. The van der Waals surface area contributed by atoms with Crippen LogP contribution in [0.3, 0.4) is 0 Å². The second-order valence-corrected chi connectivity index (χ2v) is 10.4. The first-order valence-corrected chi connectivity index (χ1v) is 13.1. The number of nitrogens with zero attached hydrogens (tertiary/aromatic N) is 2. The van der Waals surface area contributed by atoms with Crippen LogP contribution in [0.2, 0.25) is 0 Å². The summed E-state index contributed by atoms with van der Waals surface area (Å²) in [6, 6.07) is 12.0. The van der Waals surface area contributed by atoms with Crippen molar-refractivity contribution < 1.29 is 24.2 Å². The van der Waals surface area contributed by atoms with Gasteiger partial charge in [0.15, 0.2) is 5.13 Å². The topological polar surface area (TPSA) is 89.0 Å². The van der Waals surface area contributed by atoms with Crippen molar-refractivity contribution in [2.24, 2.45) is 0 Å². The van der Waals surface area contributed by atoms with Crippen LogP contribution in [0.25, 0.3) is 16.0 Å². The third-order valence-corrected chi connectivity index (χ3v) is 8.06. The lowest BCUT2D eigenvalue weighted by Gasteiger charge is -2.21. The summed E-state index contributed by atoms with van der Waals surface area (Å²) in [5, 5.41) is 13.7. The molecule has 1 fully saturated rings. The number of benzene rings is 2. The number of hydrogen-bond donors (Lipinski definition) is 1. The number of thiazole rings is 1. The summed E-state index contributed by atoms with van der Waals surface area (Å²) in [5.74, 6) is -0.283. The Labute approximate surface area is 216 Å². The van der Waals surface area contributed by atoms with Crippen LogP contribution in [-0.4, -0.2) is 35.5 Å². The number of aryl methyl sites for hydroxylation is 2. The van der Waals surface area contributed by atoms with Crippen molar-refractivity contribution in [2.45, 2.75) is 26.8 Å². The van der Waals surface area contributed by atoms with Crippen LogP contribution in [0.1, 0.15) is 34.5 Å². The summed E-state index contributed by atoms with van der Waals surface area (Å²) in [4.78, 5) is 33.6. The number of aliphatic hydroxyl groups is 1. The van der Waals surface area contributed by atoms with Crippen LogP contribution < -0.4 is 14.4 Å². The number of methoxy groups -OCH3 is 1. The van der Waals surface area contributed by atoms with Gasteiger partial charge in [0, 0.05) is 10.4 Å². The zero-order chi connectivity index (χ0) is 25.6. The lowest BCUT2D eigenvalue weighted by molar-refractivity contribution is -0.132. The second kappa shape index (κ2) is 9.40. The molecule has 0 aliphatic carbocycles. The predicted molar refractivity (Wildman–Crippen MR) is 142 cm³/mol. The maximum atomic E-state index is 13.4. The molecule has 0 bridgehead atoms. The minimum Gasteiger partial charge on any atom is -0.507 e. The van der Waals surface area contributed by atoms with E-state index in [1.807, 2.05) is 62.5 Å². The summed E-state index contributed by atoms with van der Waals surface area (Å²) < 4.78 is 11.8. The van der Waals surface area contributed by atoms with Gasteiger partial charge < -0.3 is 14.6 Å². The Morgan fingerprint density at radius 2 is 1.94 bits per heavy atom. The van der Waals surface area contributed by atoms with E-state index in [-0.39, 0.29) is 11.3 Å². The fourth-order valence-corrected chi connectivity index (χ4v) is 6.25. The Morgan fingerprint density at radius 1 is 1.14 bits per heavy atom. The summed E-state index contributed by atoms with van der Waals surface area (Å²) in [6.45, 7) is 6.14. The molecule has 1 amide bonds. The Kier molecular flexibility index (Phi) is 6.27. The molecule has 1 aliphatic rings. The monoisotopic (exact) mass is 520 g/mol. The van der Waals surface area contributed by atoms with Crippen molar-refractivity contribution >= 4 is 55.5 Å². The fourth-order valence-electron chi connectivity index (χ4n) is 4.41. The molecule has 5 rings (SSSR count). The number of fused-ring (bicyclic) bond motifs is 1. The highest BCUT2D eigenvalue weighted by molar-refractivity contribution is 7.22. The number of aromatic nitrogens is 1. The average Bonchev–Trinajstić information content (AvgIpc) is 3.58. The van der Waals surface area contributed by atoms with Crippen LogP contribution in [0.15, 0.2) is 53.4 Å². The van der Waals surface area contributed by atoms with Gasteiger partial charge in [-0.3, -0.25) is 14.5 Å². The molecule has 1 unspecified atom stereocenters. The molecule has 36 heavy (non-hydrogen) atoms. The number of carbonyl (C=O) groups is 2. The molecule has 0 saturated carbocycles. The van der Waals surface area contributed by atoms with Crippen molar-refractivity contribution in [1.82, 2.24) is 4.98 Å². The smallest absolute Gasteiger partial charge is 0.301 e. The first-order valence-electron chi connectivity index (χ1n) is 11.4. The lowest BCUT2D eigenvalue weighted by Crippen LogP contribution is -2.28. The van der Waals surface area contributed by atoms with E-state index in [0.29, 0.717) is 34.3 Å². The Hall–Kier alpha value is -3.69. The third kappa shape index (κ3) is 3.94. The largest absolute Gasteiger partial charge is 0.507 e. The van der Waals surface area contributed by atoms with E-state index in [4.69, 9.17) is 9.47 Å². The molecule has 1 aliphatic heterocycles. The van der Waals surface area contributed by atoms with Crippen molar-refractivity contribution in [3.05, 3.63) is 75.0 Å². The first-order chi connectivity index (χ1) is 17.3. The van der Waals surface area contributed by atoms with Gasteiger partial charge in [-0.25, -0.2) is 4.98 Å². The highest BCUT2D eigenvalue weighted by atomic mass is 32.1. The molecule has 2 aromatic heterocycles. The van der Waals surface area contributed by atoms with Gasteiger partial charge in [-0.1, -0.05) is 17.4 Å². The number of hydrogen-bond acceptors (Lipinski definition) is 8. The second-order valence-electron chi connectivity index (χ2n) is 8.38. The minimum absolute atomic E-state index is 0.0457. The van der Waals surface area contributed by atoms with Crippen LogP contribution in [0.5, 0.6) is 11.5 Å². The average molecular weight is 521 g/mol. The van der Waals surface area contributed by atoms with Gasteiger partial charge in [0.2, 0.25) is 0 Å². The normalized spacial score (nSPS) is 17.2. The number of anilines is 1. The van der Waals surface area contributed by atoms with Crippen LogP contribution in [-0.2, 0) is 9.59 Å². The molecular weight excluding hydrogens is 496 g/mol. The molecule has 0 radical (unpaired) electrons. The van der Waals surface area contributed by atoms with Crippen LogP contribution in [0, 0.1) is 13.8 Å². The Bertz CT molecular complexity index is 1520. The van der Waals surface area contributed by atoms with Gasteiger partial charge >= 0.3 is 5.91 Å². The molecule has 1 saturated heterocycles. The lowest BCUT2D eigenvalue weighted by atomic mass is 9.96. The van der Waals surface area contributed by atoms with Gasteiger partial charge in [-0.05, 0) is 73.7 Å². The number of ketones is 1. The number of Topliss-reactive ketones (excluding diaryl/α,β-unsaturated/α-hetero) is 1. The number of carbonyl (C=O) groups excluding carboxylic acids is 2. The van der Waals surface area contributed by atoms with E-state index < -0.39 is 17.7 Å². The number of thiophene rings is 1. The van der Waals surface area contributed by atoms with Gasteiger partial charge in [0.25, 0.3) is 5.78 Å². The molecule has 184 valence electrons. The summed E-state index contributed by atoms with van der Waals surface area (Å²) in [6.07, 6.45) is 0. The van der Waals surface area contributed by atoms with Crippen molar-refractivity contribution in [3.63, 3.8) is 0 Å². The van der Waals surface area contributed by atoms with E-state index >= 15 is 0 Å². The van der Waals surface area contributed by atoms with Crippen LogP contribution >= 0.6 is 22.7 Å². The molecule has 2 aromatic carbocycles. The quantitative estimate of drug-likeness (QED) is 0.190. The first kappa shape index (κ1) is 24.0. The van der Waals surface area contributed by atoms with Crippen molar-refractivity contribution in [3.8, 4) is 11.5 Å². The number of amides is 1. The standard InChI is InChI=1S/C27H24N2O5S2/c1-5-34-16-8-9-18-21(13-16)36-27(28-18)29-23(20-7-6-10-35-20)22(25(31)26(29)32)24(30)17-11-15(3)19(33-4)12-14(17)2/h6-13,23,30H,5H2,1-4H3/b24-22+. The number of rotatable bonds is 6. The summed E-state index contributed by atoms with van der Waals surface area (Å²) >= 11 is 2.72. The molecule has 4 aromatic rings. The van der Waals surface area contributed by atoms with Gasteiger partial charge in [-0.15, -0.1) is 11.3 Å². The van der Waals surface area contributed by atoms with E-state index in [0.717, 1.165) is 20.7 Å². The van der Waals surface area contributed by atoms with E-state index in [2.05, 4.69) is 4.98 Å². The van der Waals surface area contributed by atoms with Crippen molar-refractivity contribution in [1.29, 1.82) is 0 Å². The Balaban J connectivity index is 1.68. The third-order valence-electron chi connectivity index (χ3n) is 6.12. The molecule has 1 atom stereocenters. The van der Waals surface area contributed by atoms with Gasteiger partial charge in [-0.2, -0.15) is 0 Å². The zero-order valence-electron chi connectivity index (χ0n) is 20.2. The van der Waals surface area contributed by atoms with Gasteiger partial charge in [0.1, 0.15) is 23.3 Å². The Morgan fingerprint density at radius 3 is 2.64 bits per heavy atom. The van der Waals surface area contributed by atoms with Gasteiger partial charge in [0.05, 0.1) is 29.5 Å². The molecule has 9 heteroatoms. The molecule has 3 heterocycles. The fraction of sp³-hybridized carbons (Fsp3) is 0.222. The summed E-state index contributed by atoms with van der Waals surface area (Å²) in [7, 11) is 1.58. The summed E-state index contributed by atoms with van der Waals surface area (Å²) in [5.41, 5.74) is 2.77. The van der Waals surface area contributed by atoms with Crippen molar-refractivity contribution in [2.75, 3.05) is 18.6 Å². The minimum atomic E-state index is -0.793. The SMILES string of the molecule is CCOc1ccc2nc(N3C(=O)C(=O)/C(=C(/O)c4cc(C)c(OC)cc4C)C3c3cccs3)sc2c1. The zero-order valence-corrected chi connectivity index (χ0v) is 21.8. The number of ether oxygens (including phenoxy) is 2. The van der Waals surface area contributed by atoms with Crippen LogP contribution in [0.4, 0.5) is 5.13 Å². The number of aliphatic hydroxyl groups excluding tert-OH is 1. The molecule has 7 nitrogen and oxygen atoms in total. The van der Waals surface area contributed by atoms with E-state index in [9.17, 15) is 14.7 Å².